The summed E-state index contributed by atoms with van der Waals surface area (Å²) in [4.78, 5) is 24.2. The number of ether oxygens (including phenoxy) is 1. The average Bonchev–Trinajstić information content (AvgIpc) is 2.75. The lowest BCUT2D eigenvalue weighted by atomic mass is 9.82. The standard InChI is InChI=1S/C21H21ClN2O6S/c1-30-19-11-10-13(31(28,29)24-17-9-5-4-8-16(17)22)12-18(19)23-20(25)14-6-2-3-7-15(14)21(26)27/h2-5,8-12,14-15,24H,6-7H2,1H3,(H,23,25)(H,26,27)/t14-,15-/m0/s1. The molecule has 164 valence electrons. The Bertz CT molecular complexity index is 1130. The average molecular weight is 465 g/mol. The maximum absolute atomic E-state index is 12.8. The molecule has 3 rings (SSSR count). The Labute approximate surface area is 184 Å². The van der Waals surface area contributed by atoms with E-state index < -0.39 is 33.7 Å². The van der Waals surface area contributed by atoms with Crippen molar-refractivity contribution in [3.05, 3.63) is 59.6 Å². The van der Waals surface area contributed by atoms with Gasteiger partial charge in [0, 0.05) is 0 Å². The van der Waals surface area contributed by atoms with Gasteiger partial charge in [-0.05, 0) is 43.2 Å². The minimum absolute atomic E-state index is 0.119. The number of allylic oxidation sites excluding steroid dienone is 2. The van der Waals surface area contributed by atoms with Gasteiger partial charge in [-0.3, -0.25) is 14.3 Å². The zero-order valence-electron chi connectivity index (χ0n) is 16.5. The van der Waals surface area contributed by atoms with E-state index in [4.69, 9.17) is 16.3 Å². The van der Waals surface area contributed by atoms with Crippen LogP contribution in [0.5, 0.6) is 5.75 Å². The zero-order chi connectivity index (χ0) is 22.6. The van der Waals surface area contributed by atoms with E-state index in [0.717, 1.165) is 0 Å². The molecule has 31 heavy (non-hydrogen) atoms. The second-order valence-electron chi connectivity index (χ2n) is 6.93. The summed E-state index contributed by atoms with van der Waals surface area (Å²) in [7, 11) is -2.64. The summed E-state index contributed by atoms with van der Waals surface area (Å²) in [5.41, 5.74) is 0.331. The van der Waals surface area contributed by atoms with Crippen molar-refractivity contribution in [1.29, 1.82) is 0 Å². The molecule has 8 nitrogen and oxygen atoms in total. The summed E-state index contributed by atoms with van der Waals surface area (Å²) in [6.07, 6.45) is 4.02. The molecule has 0 radical (unpaired) electrons. The first-order chi connectivity index (χ1) is 14.7. The van der Waals surface area contributed by atoms with Gasteiger partial charge in [0.25, 0.3) is 10.0 Å². The number of carboxylic acid groups (broad SMARTS) is 1. The fourth-order valence-corrected chi connectivity index (χ4v) is 4.65. The van der Waals surface area contributed by atoms with Crippen molar-refractivity contribution in [2.75, 3.05) is 17.1 Å². The highest BCUT2D eigenvalue weighted by atomic mass is 35.5. The molecule has 0 saturated carbocycles. The SMILES string of the molecule is COc1ccc(S(=O)(=O)Nc2ccccc2Cl)cc1NC(=O)[C@H]1CC=CC[C@@H]1C(=O)O. The molecule has 0 aromatic heterocycles. The molecule has 1 amide bonds. The number of nitrogens with one attached hydrogen (secondary N) is 2. The maximum Gasteiger partial charge on any atom is 0.307 e. The molecule has 0 unspecified atom stereocenters. The molecule has 0 aliphatic heterocycles. The van der Waals surface area contributed by atoms with Gasteiger partial charge in [0.15, 0.2) is 0 Å². The number of halogens is 1. The zero-order valence-corrected chi connectivity index (χ0v) is 18.1. The number of aliphatic carboxylic acids is 1. The number of rotatable bonds is 7. The quantitative estimate of drug-likeness (QED) is 0.536. The summed E-state index contributed by atoms with van der Waals surface area (Å²) in [6, 6.07) is 10.4. The number of hydrogen-bond donors (Lipinski definition) is 3. The Balaban J connectivity index is 1.88. The number of hydrogen-bond acceptors (Lipinski definition) is 5. The van der Waals surface area contributed by atoms with Crippen LogP contribution >= 0.6 is 11.6 Å². The van der Waals surface area contributed by atoms with Gasteiger partial charge in [0.05, 0.1) is 40.2 Å². The van der Waals surface area contributed by atoms with Crippen LogP contribution in [0.1, 0.15) is 12.8 Å². The van der Waals surface area contributed by atoms with E-state index in [0.29, 0.717) is 0 Å². The van der Waals surface area contributed by atoms with Gasteiger partial charge in [-0.1, -0.05) is 35.9 Å². The van der Waals surface area contributed by atoms with E-state index >= 15 is 0 Å². The van der Waals surface area contributed by atoms with Gasteiger partial charge in [-0.25, -0.2) is 8.42 Å². The number of para-hydroxylation sites is 1. The monoisotopic (exact) mass is 464 g/mol. The Morgan fingerprint density at radius 1 is 1.06 bits per heavy atom. The highest BCUT2D eigenvalue weighted by Gasteiger charge is 2.34. The minimum atomic E-state index is -4.01. The van der Waals surface area contributed by atoms with Crippen molar-refractivity contribution < 1.29 is 27.9 Å². The highest BCUT2D eigenvalue weighted by molar-refractivity contribution is 7.92. The molecular weight excluding hydrogens is 444 g/mol. The number of carbonyl (C=O) groups excluding carboxylic acids is 1. The van der Waals surface area contributed by atoms with Crippen molar-refractivity contribution in [1.82, 2.24) is 0 Å². The lowest BCUT2D eigenvalue weighted by Gasteiger charge is -2.24. The third-order valence-corrected chi connectivity index (χ3v) is 6.64. The van der Waals surface area contributed by atoms with Gasteiger partial charge in [0.2, 0.25) is 5.91 Å². The van der Waals surface area contributed by atoms with E-state index in [9.17, 15) is 23.1 Å². The van der Waals surface area contributed by atoms with Crippen molar-refractivity contribution >= 4 is 44.9 Å². The van der Waals surface area contributed by atoms with Crippen LogP contribution in [0.3, 0.4) is 0 Å². The van der Waals surface area contributed by atoms with Crippen molar-refractivity contribution in [2.45, 2.75) is 17.7 Å². The lowest BCUT2D eigenvalue weighted by Crippen LogP contribution is -2.34. The number of anilines is 2. The van der Waals surface area contributed by atoms with E-state index in [1.165, 1.54) is 31.4 Å². The van der Waals surface area contributed by atoms with E-state index in [1.807, 2.05) is 0 Å². The highest BCUT2D eigenvalue weighted by Crippen LogP contribution is 2.32. The normalized spacial score (nSPS) is 18.3. The Kier molecular flexibility index (Phi) is 6.87. The van der Waals surface area contributed by atoms with E-state index in [1.54, 1.807) is 30.4 Å². The Morgan fingerprint density at radius 2 is 1.74 bits per heavy atom. The Hall–Kier alpha value is -3.04. The van der Waals surface area contributed by atoms with Gasteiger partial charge >= 0.3 is 5.97 Å². The molecule has 0 saturated heterocycles. The Morgan fingerprint density at radius 3 is 2.39 bits per heavy atom. The number of methoxy groups -OCH3 is 1. The molecule has 0 fully saturated rings. The number of carboxylic acids is 1. The second-order valence-corrected chi connectivity index (χ2v) is 9.02. The molecule has 2 atom stereocenters. The van der Waals surface area contributed by atoms with Gasteiger partial charge in [-0.15, -0.1) is 0 Å². The fraction of sp³-hybridized carbons (Fsp3) is 0.238. The smallest absolute Gasteiger partial charge is 0.307 e. The summed E-state index contributed by atoms with van der Waals surface area (Å²) >= 11 is 6.03. The lowest BCUT2D eigenvalue weighted by molar-refractivity contribution is -0.146. The summed E-state index contributed by atoms with van der Waals surface area (Å²) in [6.45, 7) is 0. The fourth-order valence-electron chi connectivity index (χ4n) is 3.30. The van der Waals surface area contributed by atoms with Crippen LogP contribution in [0.25, 0.3) is 0 Å². The summed E-state index contributed by atoms with van der Waals surface area (Å²) in [5, 5.41) is 12.3. The van der Waals surface area contributed by atoms with Crippen LogP contribution in [0.15, 0.2) is 59.5 Å². The molecule has 3 N–H and O–H groups in total. The van der Waals surface area contributed by atoms with Crippen LogP contribution in [-0.4, -0.2) is 32.5 Å². The van der Waals surface area contributed by atoms with Crippen molar-refractivity contribution in [3.63, 3.8) is 0 Å². The van der Waals surface area contributed by atoms with Crippen LogP contribution in [0.4, 0.5) is 11.4 Å². The molecule has 2 aromatic rings. The maximum atomic E-state index is 12.8. The van der Waals surface area contributed by atoms with Gasteiger partial charge in [-0.2, -0.15) is 0 Å². The van der Waals surface area contributed by atoms with Crippen LogP contribution in [0.2, 0.25) is 5.02 Å². The third kappa shape index (κ3) is 5.18. The first kappa shape index (κ1) is 22.6. The molecule has 10 heteroatoms. The topological polar surface area (TPSA) is 122 Å². The van der Waals surface area contributed by atoms with E-state index in [-0.39, 0.29) is 39.9 Å². The van der Waals surface area contributed by atoms with Crippen molar-refractivity contribution in [2.24, 2.45) is 11.8 Å². The van der Waals surface area contributed by atoms with E-state index in [2.05, 4.69) is 10.0 Å². The number of sulfonamides is 1. The molecule has 0 spiro atoms. The predicted molar refractivity (Wildman–Crippen MR) is 117 cm³/mol. The molecular formula is C21H21ClN2O6S. The first-order valence-electron chi connectivity index (χ1n) is 9.37. The molecule has 2 aromatic carbocycles. The minimum Gasteiger partial charge on any atom is -0.495 e. The largest absolute Gasteiger partial charge is 0.495 e. The van der Waals surface area contributed by atoms with Crippen LogP contribution in [0, 0.1) is 11.8 Å². The van der Waals surface area contributed by atoms with Crippen LogP contribution < -0.4 is 14.8 Å². The van der Waals surface area contributed by atoms with Crippen LogP contribution in [-0.2, 0) is 19.6 Å². The van der Waals surface area contributed by atoms with Crippen molar-refractivity contribution in [3.8, 4) is 5.75 Å². The molecule has 0 bridgehead atoms. The molecule has 0 heterocycles. The van der Waals surface area contributed by atoms with Gasteiger partial charge < -0.3 is 15.2 Å². The second kappa shape index (κ2) is 9.40. The summed E-state index contributed by atoms with van der Waals surface area (Å²) < 4.78 is 33.3. The number of amides is 1. The molecule has 1 aliphatic carbocycles. The molecule has 1 aliphatic rings. The van der Waals surface area contributed by atoms with Gasteiger partial charge in [0.1, 0.15) is 5.75 Å². The predicted octanol–water partition coefficient (Wildman–Crippen LogP) is 3.75. The number of benzene rings is 2. The summed E-state index contributed by atoms with van der Waals surface area (Å²) in [5.74, 6) is -2.98. The number of carbonyl (C=O) groups is 2. The first-order valence-corrected chi connectivity index (χ1v) is 11.2. The third-order valence-electron chi connectivity index (χ3n) is 4.94.